The maximum atomic E-state index is 11.9. The summed E-state index contributed by atoms with van der Waals surface area (Å²) in [7, 11) is 0. The highest BCUT2D eigenvalue weighted by molar-refractivity contribution is 6.30. The number of carbonyl (C=O) groups excluding carboxylic acids is 1. The third-order valence-electron chi connectivity index (χ3n) is 3.47. The maximum Gasteiger partial charge on any atom is 0.234 e. The second kappa shape index (κ2) is 8.57. The number of carbonyl (C=O) groups is 1. The Morgan fingerprint density at radius 2 is 1.77 bits per heavy atom. The first kappa shape index (κ1) is 16.5. The molecule has 116 valence electrons. The summed E-state index contributed by atoms with van der Waals surface area (Å²) in [5.41, 5.74) is 2.31. The molecule has 0 fully saturated rings. The van der Waals surface area contributed by atoms with Gasteiger partial charge >= 0.3 is 0 Å². The highest BCUT2D eigenvalue weighted by Gasteiger charge is 2.08. The van der Waals surface area contributed by atoms with Crippen molar-refractivity contribution >= 4 is 17.5 Å². The van der Waals surface area contributed by atoms with Crippen LogP contribution in [0, 0.1) is 0 Å². The van der Waals surface area contributed by atoms with E-state index >= 15 is 0 Å². The molecule has 0 saturated heterocycles. The normalized spacial score (nSPS) is 11.9. The summed E-state index contributed by atoms with van der Waals surface area (Å²) in [5, 5.41) is 6.89. The quantitative estimate of drug-likeness (QED) is 0.769. The van der Waals surface area contributed by atoms with Crippen molar-refractivity contribution in [3.05, 3.63) is 70.7 Å². The Morgan fingerprint density at radius 3 is 2.45 bits per heavy atom. The molecule has 0 radical (unpaired) electrons. The SMILES string of the molecule is CC(NC(=O)CNCCc1ccc(Cl)cc1)c1ccccc1. The number of nitrogens with one attached hydrogen (secondary N) is 2. The van der Waals surface area contributed by atoms with E-state index in [1.807, 2.05) is 61.5 Å². The van der Waals surface area contributed by atoms with Crippen LogP contribution in [0.2, 0.25) is 5.02 Å². The van der Waals surface area contributed by atoms with Crippen molar-refractivity contribution in [1.82, 2.24) is 10.6 Å². The predicted octanol–water partition coefficient (Wildman–Crippen LogP) is 3.35. The van der Waals surface area contributed by atoms with E-state index in [1.54, 1.807) is 0 Å². The van der Waals surface area contributed by atoms with E-state index in [2.05, 4.69) is 10.6 Å². The van der Waals surface area contributed by atoms with Gasteiger partial charge in [0.1, 0.15) is 0 Å². The van der Waals surface area contributed by atoms with Crippen LogP contribution in [0.1, 0.15) is 24.1 Å². The zero-order valence-electron chi connectivity index (χ0n) is 12.7. The molecule has 2 N–H and O–H groups in total. The van der Waals surface area contributed by atoms with Gasteiger partial charge in [0, 0.05) is 5.02 Å². The molecule has 1 amide bonds. The molecule has 1 atom stereocenters. The van der Waals surface area contributed by atoms with Crippen LogP contribution in [0.3, 0.4) is 0 Å². The largest absolute Gasteiger partial charge is 0.348 e. The number of hydrogen-bond acceptors (Lipinski definition) is 2. The number of benzene rings is 2. The fourth-order valence-corrected chi connectivity index (χ4v) is 2.33. The second-order valence-corrected chi connectivity index (χ2v) is 5.69. The molecule has 0 bridgehead atoms. The number of amides is 1. The molecule has 0 aromatic heterocycles. The van der Waals surface area contributed by atoms with Gasteiger partial charge in [-0.25, -0.2) is 0 Å². The highest BCUT2D eigenvalue weighted by atomic mass is 35.5. The van der Waals surface area contributed by atoms with Crippen molar-refractivity contribution in [3.63, 3.8) is 0 Å². The molecule has 0 saturated carbocycles. The van der Waals surface area contributed by atoms with Crippen molar-refractivity contribution in [2.45, 2.75) is 19.4 Å². The molecule has 0 aliphatic carbocycles. The lowest BCUT2D eigenvalue weighted by molar-refractivity contribution is -0.120. The number of rotatable bonds is 7. The fraction of sp³-hybridized carbons (Fsp3) is 0.278. The molecule has 1 unspecified atom stereocenters. The molecule has 0 spiro atoms. The van der Waals surface area contributed by atoms with Crippen molar-refractivity contribution in [2.75, 3.05) is 13.1 Å². The Hall–Kier alpha value is -1.84. The molecule has 0 aliphatic rings. The molecule has 4 heteroatoms. The van der Waals surface area contributed by atoms with Crippen LogP contribution in [-0.4, -0.2) is 19.0 Å². The lowest BCUT2D eigenvalue weighted by Gasteiger charge is -2.14. The average molecular weight is 317 g/mol. The summed E-state index contributed by atoms with van der Waals surface area (Å²) in [6.07, 6.45) is 0.874. The predicted molar refractivity (Wildman–Crippen MR) is 91.0 cm³/mol. The molecule has 2 aromatic carbocycles. The molecule has 0 aliphatic heterocycles. The van der Waals surface area contributed by atoms with Gasteiger partial charge in [-0.2, -0.15) is 0 Å². The lowest BCUT2D eigenvalue weighted by Crippen LogP contribution is -2.36. The van der Waals surface area contributed by atoms with Gasteiger partial charge in [0.15, 0.2) is 0 Å². The minimum atomic E-state index is 0.00691. The number of hydrogen-bond donors (Lipinski definition) is 2. The van der Waals surface area contributed by atoms with Crippen LogP contribution in [0.4, 0.5) is 0 Å². The van der Waals surface area contributed by atoms with Crippen molar-refractivity contribution in [1.29, 1.82) is 0 Å². The summed E-state index contributed by atoms with van der Waals surface area (Å²) in [6, 6.07) is 17.7. The molecular formula is C18H21ClN2O. The van der Waals surface area contributed by atoms with Gasteiger partial charge in [0.25, 0.3) is 0 Å². The van der Waals surface area contributed by atoms with Gasteiger partial charge in [-0.05, 0) is 43.1 Å². The molecule has 22 heavy (non-hydrogen) atoms. The van der Waals surface area contributed by atoms with Crippen LogP contribution in [0.15, 0.2) is 54.6 Å². The minimum Gasteiger partial charge on any atom is -0.348 e. The Labute approximate surface area is 136 Å². The Bertz CT molecular complexity index is 584. The molecule has 2 aromatic rings. The van der Waals surface area contributed by atoms with Gasteiger partial charge in [0.2, 0.25) is 5.91 Å². The van der Waals surface area contributed by atoms with Crippen molar-refractivity contribution < 1.29 is 4.79 Å². The summed E-state index contributed by atoms with van der Waals surface area (Å²) in [4.78, 5) is 11.9. The van der Waals surface area contributed by atoms with Crippen LogP contribution in [0.5, 0.6) is 0 Å². The second-order valence-electron chi connectivity index (χ2n) is 5.25. The van der Waals surface area contributed by atoms with E-state index in [9.17, 15) is 4.79 Å². The summed E-state index contributed by atoms with van der Waals surface area (Å²) >= 11 is 5.84. The van der Waals surface area contributed by atoms with E-state index < -0.39 is 0 Å². The van der Waals surface area contributed by atoms with Crippen LogP contribution < -0.4 is 10.6 Å². The average Bonchev–Trinajstić information content (AvgIpc) is 2.54. The van der Waals surface area contributed by atoms with Crippen molar-refractivity contribution in [2.24, 2.45) is 0 Å². The Kier molecular flexibility index (Phi) is 6.44. The topological polar surface area (TPSA) is 41.1 Å². The van der Waals surface area contributed by atoms with Crippen molar-refractivity contribution in [3.8, 4) is 0 Å². The van der Waals surface area contributed by atoms with Gasteiger partial charge in [-0.15, -0.1) is 0 Å². The first-order chi connectivity index (χ1) is 10.6. The summed E-state index contributed by atoms with van der Waals surface area (Å²) < 4.78 is 0. The van der Waals surface area contributed by atoms with E-state index in [1.165, 1.54) is 5.56 Å². The van der Waals surface area contributed by atoms with Crippen LogP contribution in [0.25, 0.3) is 0 Å². The lowest BCUT2D eigenvalue weighted by atomic mass is 10.1. The molecular weight excluding hydrogens is 296 g/mol. The maximum absolute atomic E-state index is 11.9. The zero-order chi connectivity index (χ0) is 15.8. The third-order valence-corrected chi connectivity index (χ3v) is 3.72. The first-order valence-corrected chi connectivity index (χ1v) is 7.82. The molecule has 0 heterocycles. The Morgan fingerprint density at radius 1 is 1.09 bits per heavy atom. The first-order valence-electron chi connectivity index (χ1n) is 7.44. The van der Waals surface area contributed by atoms with Gasteiger partial charge < -0.3 is 10.6 Å². The highest BCUT2D eigenvalue weighted by Crippen LogP contribution is 2.11. The standard InChI is InChI=1S/C18H21ClN2O/c1-14(16-5-3-2-4-6-16)21-18(22)13-20-12-11-15-7-9-17(19)10-8-15/h2-10,14,20H,11-13H2,1H3,(H,21,22). The van der Waals surface area contributed by atoms with Gasteiger partial charge in [-0.1, -0.05) is 54.1 Å². The smallest absolute Gasteiger partial charge is 0.234 e. The van der Waals surface area contributed by atoms with Crippen LogP contribution >= 0.6 is 11.6 Å². The fourth-order valence-electron chi connectivity index (χ4n) is 2.20. The van der Waals surface area contributed by atoms with E-state index in [-0.39, 0.29) is 11.9 Å². The number of halogens is 1. The molecule has 3 nitrogen and oxygen atoms in total. The zero-order valence-corrected chi connectivity index (χ0v) is 13.4. The third kappa shape index (κ3) is 5.51. The monoisotopic (exact) mass is 316 g/mol. The minimum absolute atomic E-state index is 0.00691. The van der Waals surface area contributed by atoms with E-state index in [4.69, 9.17) is 11.6 Å². The van der Waals surface area contributed by atoms with E-state index in [0.717, 1.165) is 23.6 Å². The summed E-state index contributed by atoms with van der Waals surface area (Å²) in [6.45, 7) is 3.07. The summed E-state index contributed by atoms with van der Waals surface area (Å²) in [5.74, 6) is 0.00691. The van der Waals surface area contributed by atoms with Gasteiger partial charge in [0.05, 0.1) is 12.6 Å². The Balaban J connectivity index is 1.66. The molecule has 2 rings (SSSR count). The van der Waals surface area contributed by atoms with Crippen LogP contribution in [-0.2, 0) is 11.2 Å². The van der Waals surface area contributed by atoms with Gasteiger partial charge in [-0.3, -0.25) is 4.79 Å². The van der Waals surface area contributed by atoms with E-state index in [0.29, 0.717) is 6.54 Å².